The van der Waals surface area contributed by atoms with E-state index in [0.717, 1.165) is 16.7 Å². The first-order valence-corrected chi connectivity index (χ1v) is 4.99. The Labute approximate surface area is 90.0 Å². The van der Waals surface area contributed by atoms with Crippen LogP contribution < -0.4 is 0 Å². The second-order valence-electron chi connectivity index (χ2n) is 3.59. The number of hydrogen-bond donors (Lipinski definition) is 1. The molecule has 0 atom stereocenters. The Hall–Kier alpha value is -1.60. The number of hydrogen-bond acceptors (Lipinski definition) is 1. The molecule has 0 spiro atoms. The normalized spacial score (nSPS) is 10.3. The van der Waals surface area contributed by atoms with E-state index in [9.17, 15) is 5.11 Å². The molecule has 0 heterocycles. The second-order valence-corrected chi connectivity index (χ2v) is 3.59. The van der Waals surface area contributed by atoms with Crippen LogP contribution in [0.15, 0.2) is 42.5 Å². The molecule has 75 valence electrons. The van der Waals surface area contributed by atoms with Crippen molar-refractivity contribution in [1.82, 2.24) is 0 Å². The molecule has 0 aliphatic heterocycles. The highest BCUT2D eigenvalue weighted by molar-refractivity contribution is 5.67. The Balaban J connectivity index is 2.49. The summed E-state index contributed by atoms with van der Waals surface area (Å²) in [5.74, 6) is 0. The van der Waals surface area contributed by atoms with E-state index in [-0.39, 0.29) is 6.61 Å². The van der Waals surface area contributed by atoms with Crippen LogP contribution >= 0.6 is 0 Å². The molecule has 0 bridgehead atoms. The van der Waals surface area contributed by atoms with Gasteiger partial charge in [0.15, 0.2) is 0 Å². The first-order chi connectivity index (χ1) is 7.31. The van der Waals surface area contributed by atoms with Crippen molar-refractivity contribution in [2.75, 3.05) is 0 Å². The van der Waals surface area contributed by atoms with Crippen LogP contribution in [0.1, 0.15) is 11.1 Å². The van der Waals surface area contributed by atoms with Crippen molar-refractivity contribution < 1.29 is 5.11 Å². The molecule has 2 aromatic rings. The van der Waals surface area contributed by atoms with Gasteiger partial charge in [-0.2, -0.15) is 0 Å². The van der Waals surface area contributed by atoms with E-state index >= 15 is 0 Å². The lowest BCUT2D eigenvalue weighted by Gasteiger charge is -2.06. The SMILES string of the molecule is Cc1ccc(-c2ccc[c]c2CO)cc1. The van der Waals surface area contributed by atoms with E-state index in [1.807, 2.05) is 18.2 Å². The molecular weight excluding hydrogens is 184 g/mol. The van der Waals surface area contributed by atoms with E-state index in [0.29, 0.717) is 0 Å². The van der Waals surface area contributed by atoms with Crippen LogP contribution in [-0.4, -0.2) is 5.11 Å². The second kappa shape index (κ2) is 4.28. The maximum absolute atomic E-state index is 9.20. The maximum Gasteiger partial charge on any atom is 0.0693 e. The van der Waals surface area contributed by atoms with Gasteiger partial charge in [0.1, 0.15) is 0 Å². The zero-order chi connectivity index (χ0) is 10.7. The number of aliphatic hydroxyl groups excluding tert-OH is 1. The Morgan fingerprint density at radius 3 is 2.53 bits per heavy atom. The van der Waals surface area contributed by atoms with Crippen molar-refractivity contribution in [3.8, 4) is 11.1 Å². The van der Waals surface area contributed by atoms with Gasteiger partial charge in [-0.15, -0.1) is 0 Å². The molecule has 15 heavy (non-hydrogen) atoms. The summed E-state index contributed by atoms with van der Waals surface area (Å²) >= 11 is 0. The Kier molecular flexibility index (Phi) is 2.84. The van der Waals surface area contributed by atoms with Crippen LogP contribution in [0.2, 0.25) is 0 Å². The molecule has 0 aliphatic carbocycles. The zero-order valence-electron chi connectivity index (χ0n) is 8.70. The van der Waals surface area contributed by atoms with Crippen LogP contribution in [-0.2, 0) is 6.61 Å². The van der Waals surface area contributed by atoms with E-state index in [2.05, 4.69) is 37.3 Å². The molecule has 2 rings (SSSR count). The van der Waals surface area contributed by atoms with Gasteiger partial charge in [-0.05, 0) is 29.7 Å². The molecule has 0 amide bonds. The number of aliphatic hydroxyl groups is 1. The number of benzene rings is 2. The third-order valence-corrected chi connectivity index (χ3v) is 2.46. The fourth-order valence-corrected chi connectivity index (χ4v) is 1.61. The largest absolute Gasteiger partial charge is 0.392 e. The van der Waals surface area contributed by atoms with Crippen molar-refractivity contribution in [1.29, 1.82) is 0 Å². The van der Waals surface area contributed by atoms with E-state index < -0.39 is 0 Å². The van der Waals surface area contributed by atoms with Crippen molar-refractivity contribution in [3.05, 3.63) is 59.7 Å². The van der Waals surface area contributed by atoms with Gasteiger partial charge < -0.3 is 5.11 Å². The first kappa shape index (κ1) is 9.94. The zero-order valence-corrected chi connectivity index (χ0v) is 8.70. The number of rotatable bonds is 2. The first-order valence-electron chi connectivity index (χ1n) is 4.99. The van der Waals surface area contributed by atoms with Gasteiger partial charge in [-0.25, -0.2) is 0 Å². The van der Waals surface area contributed by atoms with Gasteiger partial charge in [0.05, 0.1) is 6.61 Å². The summed E-state index contributed by atoms with van der Waals surface area (Å²) in [6.07, 6.45) is 0. The highest BCUT2D eigenvalue weighted by atomic mass is 16.3. The van der Waals surface area contributed by atoms with Gasteiger partial charge in [-0.1, -0.05) is 48.0 Å². The minimum Gasteiger partial charge on any atom is -0.392 e. The maximum atomic E-state index is 9.20. The quantitative estimate of drug-likeness (QED) is 0.784. The van der Waals surface area contributed by atoms with E-state index in [4.69, 9.17) is 0 Å². The lowest BCUT2D eigenvalue weighted by molar-refractivity contribution is 0.282. The molecule has 0 saturated carbocycles. The molecule has 0 fully saturated rings. The van der Waals surface area contributed by atoms with E-state index in [1.54, 1.807) is 0 Å². The highest BCUT2D eigenvalue weighted by Gasteiger charge is 2.02. The van der Waals surface area contributed by atoms with Gasteiger partial charge in [0.2, 0.25) is 0 Å². The molecule has 1 nitrogen and oxygen atoms in total. The van der Waals surface area contributed by atoms with Crippen molar-refractivity contribution in [3.63, 3.8) is 0 Å². The lowest BCUT2D eigenvalue weighted by atomic mass is 9.99. The van der Waals surface area contributed by atoms with Crippen molar-refractivity contribution in [2.45, 2.75) is 13.5 Å². The minimum absolute atomic E-state index is 0.0318. The monoisotopic (exact) mass is 197 g/mol. The summed E-state index contributed by atoms with van der Waals surface area (Å²) in [6.45, 7) is 2.10. The topological polar surface area (TPSA) is 20.2 Å². The fourth-order valence-electron chi connectivity index (χ4n) is 1.61. The van der Waals surface area contributed by atoms with Gasteiger partial charge in [0.25, 0.3) is 0 Å². The van der Waals surface area contributed by atoms with Crippen molar-refractivity contribution >= 4 is 0 Å². The van der Waals surface area contributed by atoms with Crippen LogP contribution in [0.25, 0.3) is 11.1 Å². The summed E-state index contributed by atoms with van der Waals surface area (Å²) < 4.78 is 0. The summed E-state index contributed by atoms with van der Waals surface area (Å²) in [5.41, 5.74) is 4.27. The summed E-state index contributed by atoms with van der Waals surface area (Å²) in [6, 6.07) is 17.1. The van der Waals surface area contributed by atoms with Crippen LogP contribution in [0.5, 0.6) is 0 Å². The molecule has 1 radical (unpaired) electrons. The number of aryl methyl sites for hydroxylation is 1. The summed E-state index contributed by atoms with van der Waals surface area (Å²) in [5, 5.41) is 9.20. The summed E-state index contributed by atoms with van der Waals surface area (Å²) in [7, 11) is 0. The van der Waals surface area contributed by atoms with Crippen LogP contribution in [0.3, 0.4) is 0 Å². The predicted octanol–water partition coefficient (Wildman–Crippen LogP) is 2.95. The van der Waals surface area contributed by atoms with Crippen LogP contribution in [0, 0.1) is 13.0 Å². The third-order valence-electron chi connectivity index (χ3n) is 2.46. The molecule has 1 heteroatoms. The average molecular weight is 197 g/mol. The molecule has 2 aromatic carbocycles. The lowest BCUT2D eigenvalue weighted by Crippen LogP contribution is -1.89. The Bertz CT molecular complexity index is 443. The summed E-state index contributed by atoms with van der Waals surface area (Å²) in [4.78, 5) is 0. The van der Waals surface area contributed by atoms with Crippen LogP contribution in [0.4, 0.5) is 0 Å². The smallest absolute Gasteiger partial charge is 0.0693 e. The van der Waals surface area contributed by atoms with Gasteiger partial charge in [0, 0.05) is 0 Å². The average Bonchev–Trinajstić information content (AvgIpc) is 2.30. The standard InChI is InChI=1S/C14H13O/c1-11-6-8-12(9-7-11)14-5-3-2-4-13(14)10-15/h2-3,5-9,15H,10H2,1H3. The third kappa shape index (κ3) is 2.08. The van der Waals surface area contributed by atoms with Gasteiger partial charge in [-0.3, -0.25) is 0 Å². The minimum atomic E-state index is 0.0318. The Morgan fingerprint density at radius 2 is 1.87 bits per heavy atom. The molecule has 1 N–H and O–H groups in total. The fraction of sp³-hybridized carbons (Fsp3) is 0.143. The molecule has 0 aromatic heterocycles. The molecule has 0 unspecified atom stereocenters. The Morgan fingerprint density at radius 1 is 1.13 bits per heavy atom. The molecule has 0 saturated heterocycles. The van der Waals surface area contributed by atoms with Crippen molar-refractivity contribution in [2.24, 2.45) is 0 Å². The molecule has 0 aliphatic rings. The van der Waals surface area contributed by atoms with Gasteiger partial charge >= 0.3 is 0 Å². The highest BCUT2D eigenvalue weighted by Crippen LogP contribution is 2.23. The molecular formula is C14H13O. The van der Waals surface area contributed by atoms with E-state index in [1.165, 1.54) is 5.56 Å². The predicted molar refractivity (Wildman–Crippen MR) is 61.4 cm³/mol.